The van der Waals surface area contributed by atoms with Crippen LogP contribution in [0.5, 0.6) is 0 Å². The summed E-state index contributed by atoms with van der Waals surface area (Å²) in [5, 5.41) is 8.75. The van der Waals surface area contributed by atoms with Crippen LogP contribution in [0.2, 0.25) is 0 Å². The molecule has 7 atom stereocenters. The van der Waals surface area contributed by atoms with Crippen LogP contribution in [0.3, 0.4) is 0 Å². The molecule has 0 radical (unpaired) electrons. The molecule has 3 amide bonds. The number of hydrogen-bond donors (Lipinski definition) is 3. The molecule has 2 heterocycles. The van der Waals surface area contributed by atoms with Crippen molar-refractivity contribution < 1.29 is 23.9 Å². The van der Waals surface area contributed by atoms with E-state index in [0.717, 1.165) is 18.4 Å². The minimum atomic E-state index is -1.10. The Morgan fingerprint density at radius 2 is 1.67 bits per heavy atom. The first kappa shape index (κ1) is 32.1. The molecular formula is C36H45N5O5. The summed E-state index contributed by atoms with van der Waals surface area (Å²) in [7, 11) is 0. The molecule has 2 aromatic carbocycles. The number of nitrogens with zero attached hydrogens (tertiary/aromatic N) is 2. The van der Waals surface area contributed by atoms with Gasteiger partial charge in [-0.1, -0.05) is 57.5 Å². The Kier molecular flexibility index (Phi) is 8.63. The number of carbonyl (C=O) groups excluding carboxylic acids is 3. The number of benzene rings is 2. The van der Waals surface area contributed by atoms with Crippen molar-refractivity contribution in [1.82, 2.24) is 25.9 Å². The lowest BCUT2D eigenvalue weighted by Crippen LogP contribution is -2.65. The van der Waals surface area contributed by atoms with E-state index in [9.17, 15) is 14.4 Å². The second-order valence-corrected chi connectivity index (χ2v) is 14.4. The van der Waals surface area contributed by atoms with E-state index in [2.05, 4.69) is 60.5 Å². The molecule has 244 valence electrons. The van der Waals surface area contributed by atoms with E-state index in [1.165, 1.54) is 6.20 Å². The van der Waals surface area contributed by atoms with Gasteiger partial charge < -0.3 is 25.4 Å². The van der Waals surface area contributed by atoms with E-state index in [4.69, 9.17) is 9.47 Å². The number of fused-ring (bicyclic) bond motifs is 1. The molecule has 3 unspecified atom stereocenters. The van der Waals surface area contributed by atoms with E-state index < -0.39 is 35.8 Å². The van der Waals surface area contributed by atoms with Crippen molar-refractivity contribution in [3.05, 3.63) is 71.5 Å². The SMILES string of the molecule is Cc1ccc(C(=O)NC[C@H](NC(=O)c2cnc3ccccc3n2)C(=O)NC(CC(C)C)C2OC3C[C@@H]4C[C@@H](C4(C)C)[C@]3(C)O2)cc1. The molecule has 4 fully saturated rings. The van der Waals surface area contributed by atoms with Crippen LogP contribution < -0.4 is 16.0 Å². The van der Waals surface area contributed by atoms with Crippen molar-refractivity contribution in [3.8, 4) is 0 Å². The summed E-state index contributed by atoms with van der Waals surface area (Å²) in [6.45, 7) is 12.8. The fraction of sp³-hybridized carbons (Fsp3) is 0.528. The molecule has 0 spiro atoms. The predicted octanol–water partition coefficient (Wildman–Crippen LogP) is 4.56. The summed E-state index contributed by atoms with van der Waals surface area (Å²) >= 11 is 0. The Bertz CT molecular complexity index is 1620. The number of rotatable bonds is 10. The smallest absolute Gasteiger partial charge is 0.272 e. The molecule has 10 heteroatoms. The van der Waals surface area contributed by atoms with Crippen LogP contribution >= 0.6 is 0 Å². The van der Waals surface area contributed by atoms with E-state index in [1.54, 1.807) is 18.2 Å². The molecule has 3 aliphatic carbocycles. The zero-order chi connectivity index (χ0) is 32.8. The summed E-state index contributed by atoms with van der Waals surface area (Å²) in [6, 6.07) is 12.8. The van der Waals surface area contributed by atoms with Crippen molar-refractivity contribution in [2.45, 2.75) is 90.9 Å². The highest BCUT2D eigenvalue weighted by Gasteiger charge is 2.68. The number of hydrogen-bond acceptors (Lipinski definition) is 7. The average Bonchev–Trinajstić information content (AvgIpc) is 3.39. The van der Waals surface area contributed by atoms with Crippen LogP contribution in [0.4, 0.5) is 0 Å². The highest BCUT2D eigenvalue weighted by Crippen LogP contribution is 2.66. The first-order chi connectivity index (χ1) is 21.8. The van der Waals surface area contributed by atoms with Gasteiger partial charge in [0.05, 0.1) is 35.0 Å². The van der Waals surface area contributed by atoms with Gasteiger partial charge in [0.15, 0.2) is 6.29 Å². The van der Waals surface area contributed by atoms with Crippen molar-refractivity contribution >= 4 is 28.8 Å². The lowest BCUT2D eigenvalue weighted by Gasteiger charge is -2.63. The number of nitrogens with one attached hydrogen (secondary N) is 3. The summed E-state index contributed by atoms with van der Waals surface area (Å²) in [5.41, 5.74) is 2.54. The molecule has 46 heavy (non-hydrogen) atoms. The molecule has 1 saturated heterocycles. The number of amides is 3. The van der Waals surface area contributed by atoms with Gasteiger partial charge in [-0.3, -0.25) is 19.4 Å². The maximum atomic E-state index is 14.0. The number of aryl methyl sites for hydroxylation is 1. The molecule has 3 aromatic rings. The quantitative estimate of drug-likeness (QED) is 0.300. The molecule has 3 N–H and O–H groups in total. The number of para-hydroxylation sites is 2. The standard InChI is InChI=1S/C36H45N5O5/c1-20(2)15-26(34-45-30-17-23-16-29(35(23,4)5)36(30,6)46-34)40-33(44)28(19-38-31(42)22-13-11-21(3)12-14-22)41-32(43)27-18-37-24-9-7-8-10-25(24)39-27/h7-14,18,20,23,26,28-30,34H,15-17,19H2,1-6H3,(H,38,42)(H,40,44)(H,41,43)/t23-,26?,28-,29-,30?,34?,36-/m0/s1. The average molecular weight is 628 g/mol. The fourth-order valence-electron chi connectivity index (χ4n) is 7.61. The molecule has 1 aliphatic heterocycles. The molecular weight excluding hydrogens is 582 g/mol. The van der Waals surface area contributed by atoms with Gasteiger partial charge in [0.2, 0.25) is 5.91 Å². The van der Waals surface area contributed by atoms with E-state index in [-0.39, 0.29) is 35.6 Å². The molecule has 10 nitrogen and oxygen atoms in total. The Balaban J connectivity index is 1.21. The first-order valence-electron chi connectivity index (χ1n) is 16.4. The van der Waals surface area contributed by atoms with Gasteiger partial charge >= 0.3 is 0 Å². The lowest BCUT2D eigenvalue weighted by molar-refractivity contribution is -0.211. The Hall–Kier alpha value is -3.89. The number of aromatic nitrogens is 2. The molecule has 2 bridgehead atoms. The predicted molar refractivity (Wildman–Crippen MR) is 174 cm³/mol. The van der Waals surface area contributed by atoms with Crippen LogP contribution in [-0.4, -0.2) is 64.3 Å². The molecule has 1 aromatic heterocycles. The zero-order valence-corrected chi connectivity index (χ0v) is 27.5. The van der Waals surface area contributed by atoms with Gasteiger partial charge in [0.1, 0.15) is 11.7 Å². The maximum absolute atomic E-state index is 14.0. The van der Waals surface area contributed by atoms with Crippen molar-refractivity contribution in [3.63, 3.8) is 0 Å². The van der Waals surface area contributed by atoms with Crippen molar-refractivity contribution in [2.24, 2.45) is 23.2 Å². The van der Waals surface area contributed by atoms with Gasteiger partial charge in [-0.15, -0.1) is 0 Å². The molecule has 3 saturated carbocycles. The minimum Gasteiger partial charge on any atom is -0.349 e. The molecule has 7 rings (SSSR count). The summed E-state index contributed by atoms with van der Waals surface area (Å²) < 4.78 is 13.3. The van der Waals surface area contributed by atoms with Gasteiger partial charge in [0.25, 0.3) is 11.8 Å². The van der Waals surface area contributed by atoms with Gasteiger partial charge in [-0.05, 0) is 80.5 Å². The van der Waals surface area contributed by atoms with Gasteiger partial charge in [0, 0.05) is 12.1 Å². The normalized spacial score (nSPS) is 27.3. The van der Waals surface area contributed by atoms with Crippen LogP contribution in [0.25, 0.3) is 11.0 Å². The lowest BCUT2D eigenvalue weighted by atomic mass is 9.43. The molecule has 4 aliphatic rings. The van der Waals surface area contributed by atoms with Gasteiger partial charge in [-0.25, -0.2) is 4.98 Å². The van der Waals surface area contributed by atoms with Crippen molar-refractivity contribution in [2.75, 3.05) is 6.54 Å². The number of carbonyl (C=O) groups is 3. The van der Waals surface area contributed by atoms with E-state index in [0.29, 0.717) is 34.9 Å². The topological polar surface area (TPSA) is 132 Å². The largest absolute Gasteiger partial charge is 0.349 e. The summed E-state index contributed by atoms with van der Waals surface area (Å²) in [4.78, 5) is 49.2. The van der Waals surface area contributed by atoms with Crippen molar-refractivity contribution in [1.29, 1.82) is 0 Å². The Morgan fingerprint density at radius 1 is 0.957 bits per heavy atom. The zero-order valence-electron chi connectivity index (χ0n) is 27.5. The van der Waals surface area contributed by atoms with E-state index in [1.807, 2.05) is 37.3 Å². The summed E-state index contributed by atoms with van der Waals surface area (Å²) in [6.07, 6.45) is 3.41. The highest BCUT2D eigenvalue weighted by atomic mass is 16.7. The third kappa shape index (κ3) is 6.12. The maximum Gasteiger partial charge on any atom is 0.272 e. The first-order valence-corrected chi connectivity index (χ1v) is 16.4. The van der Waals surface area contributed by atoms with Crippen LogP contribution in [0, 0.1) is 30.1 Å². The van der Waals surface area contributed by atoms with Gasteiger partial charge in [-0.2, -0.15) is 0 Å². The Morgan fingerprint density at radius 3 is 2.37 bits per heavy atom. The van der Waals surface area contributed by atoms with Crippen LogP contribution in [0.15, 0.2) is 54.7 Å². The third-order valence-corrected chi connectivity index (χ3v) is 10.4. The van der Waals surface area contributed by atoms with Crippen LogP contribution in [-0.2, 0) is 14.3 Å². The fourth-order valence-corrected chi connectivity index (χ4v) is 7.61. The number of ether oxygens (including phenoxy) is 2. The monoisotopic (exact) mass is 627 g/mol. The third-order valence-electron chi connectivity index (χ3n) is 10.4. The second kappa shape index (κ2) is 12.4. The van der Waals surface area contributed by atoms with Crippen LogP contribution in [0.1, 0.15) is 80.3 Å². The summed E-state index contributed by atoms with van der Waals surface area (Å²) in [5.74, 6) is -0.147. The highest BCUT2D eigenvalue weighted by molar-refractivity contribution is 5.98. The van der Waals surface area contributed by atoms with E-state index >= 15 is 0 Å². The second-order valence-electron chi connectivity index (χ2n) is 14.4. The Labute approximate surface area is 270 Å². The minimum absolute atomic E-state index is 0.0309.